The molecule has 94 valence electrons. The van der Waals surface area contributed by atoms with Crippen molar-refractivity contribution in [1.29, 1.82) is 0 Å². The molecule has 0 aliphatic carbocycles. The molecule has 0 aliphatic rings. The third-order valence-electron chi connectivity index (χ3n) is 2.42. The van der Waals surface area contributed by atoms with E-state index in [1.165, 1.54) is 30.6 Å². The van der Waals surface area contributed by atoms with Crippen molar-refractivity contribution in [3.05, 3.63) is 38.8 Å². The zero-order valence-corrected chi connectivity index (χ0v) is 10.4. The van der Waals surface area contributed by atoms with Crippen LogP contribution in [0.3, 0.4) is 0 Å². The summed E-state index contributed by atoms with van der Waals surface area (Å²) in [6.07, 6.45) is 0. The van der Waals surface area contributed by atoms with Crippen LogP contribution >= 0.6 is 11.3 Å². The molecule has 0 spiro atoms. The molecule has 0 radical (unpaired) electrons. The topological polar surface area (TPSA) is 78.7 Å². The summed E-state index contributed by atoms with van der Waals surface area (Å²) in [7, 11) is 1.23. The third-order valence-corrected chi connectivity index (χ3v) is 3.51. The van der Waals surface area contributed by atoms with Gasteiger partial charge in [-0.05, 0) is 13.0 Å². The molecule has 6 nitrogen and oxygen atoms in total. The minimum atomic E-state index is -0.651. The molecule has 0 amide bonds. The summed E-state index contributed by atoms with van der Waals surface area (Å²) in [5.41, 5.74) is 0.243. The molecule has 0 saturated heterocycles. The Hall–Kier alpha value is -1.99. The first kappa shape index (κ1) is 12.5. The standard InChI is InChI=1S/C11H9NO5S/c1-6-10(11(13)17-16-2)8-5-7(12(14)15)3-4-9(8)18-6/h3-5H,1-2H3. The van der Waals surface area contributed by atoms with E-state index in [0.717, 1.165) is 9.58 Å². The number of nitro groups is 1. The molecule has 0 N–H and O–H groups in total. The fourth-order valence-electron chi connectivity index (χ4n) is 1.69. The molecule has 1 aromatic carbocycles. The lowest BCUT2D eigenvalue weighted by molar-refractivity contribution is -0.384. The van der Waals surface area contributed by atoms with Crippen LogP contribution in [0.1, 0.15) is 15.2 Å². The molecule has 1 aromatic heterocycles. The van der Waals surface area contributed by atoms with Crippen molar-refractivity contribution in [2.45, 2.75) is 6.92 Å². The first-order valence-electron chi connectivity index (χ1n) is 4.97. The van der Waals surface area contributed by atoms with Gasteiger partial charge in [0.2, 0.25) is 0 Å². The number of carbonyl (C=O) groups is 1. The van der Waals surface area contributed by atoms with Crippen molar-refractivity contribution in [3.8, 4) is 0 Å². The van der Waals surface area contributed by atoms with Gasteiger partial charge in [-0.1, -0.05) is 0 Å². The number of thiophene rings is 1. The quantitative estimate of drug-likeness (QED) is 0.485. The molecule has 0 aliphatic heterocycles. The van der Waals surface area contributed by atoms with Gasteiger partial charge in [0.25, 0.3) is 5.69 Å². The molecule has 2 aromatic rings. The molecule has 18 heavy (non-hydrogen) atoms. The van der Waals surface area contributed by atoms with E-state index in [1.54, 1.807) is 13.0 Å². The average molecular weight is 267 g/mol. The second-order valence-corrected chi connectivity index (χ2v) is 4.76. The molecule has 0 unspecified atom stereocenters. The molecule has 2 rings (SSSR count). The zero-order chi connectivity index (χ0) is 13.3. The van der Waals surface area contributed by atoms with E-state index in [9.17, 15) is 14.9 Å². The lowest BCUT2D eigenvalue weighted by Gasteiger charge is -1.99. The number of hydrogen-bond acceptors (Lipinski definition) is 6. The lowest BCUT2D eigenvalue weighted by atomic mass is 10.1. The number of nitro benzene ring substituents is 1. The van der Waals surface area contributed by atoms with Crippen LogP contribution in [0.5, 0.6) is 0 Å². The molecule has 0 bridgehead atoms. The third kappa shape index (κ3) is 2.05. The Bertz CT molecular complexity index is 634. The normalized spacial score (nSPS) is 10.6. The first-order valence-corrected chi connectivity index (χ1v) is 5.78. The number of aryl methyl sites for hydroxylation is 1. The van der Waals surface area contributed by atoms with E-state index in [1.807, 2.05) is 0 Å². The highest BCUT2D eigenvalue weighted by Crippen LogP contribution is 2.33. The molecule has 1 heterocycles. The van der Waals surface area contributed by atoms with Gasteiger partial charge in [-0.3, -0.25) is 15.0 Å². The van der Waals surface area contributed by atoms with Gasteiger partial charge in [0.05, 0.1) is 17.6 Å². The predicted octanol–water partition coefficient (Wildman–Crippen LogP) is 2.84. The Labute approximate surface area is 106 Å². The first-order chi connectivity index (χ1) is 8.54. The van der Waals surface area contributed by atoms with Gasteiger partial charge in [0.15, 0.2) is 0 Å². The number of benzene rings is 1. The maximum Gasteiger partial charge on any atom is 0.374 e. The Morgan fingerprint density at radius 1 is 1.44 bits per heavy atom. The van der Waals surface area contributed by atoms with Crippen molar-refractivity contribution in [3.63, 3.8) is 0 Å². The van der Waals surface area contributed by atoms with Crippen LogP contribution in [0.4, 0.5) is 5.69 Å². The summed E-state index contributed by atoms with van der Waals surface area (Å²) in [4.78, 5) is 31.5. The second kappa shape index (κ2) is 4.71. The van der Waals surface area contributed by atoms with Gasteiger partial charge in [-0.15, -0.1) is 11.3 Å². The summed E-state index contributed by atoms with van der Waals surface area (Å²) in [6, 6.07) is 4.39. The summed E-state index contributed by atoms with van der Waals surface area (Å²) in [6.45, 7) is 1.75. The molecular formula is C11H9NO5S. The van der Waals surface area contributed by atoms with Gasteiger partial charge >= 0.3 is 5.97 Å². The minimum absolute atomic E-state index is 0.0632. The predicted molar refractivity (Wildman–Crippen MR) is 65.6 cm³/mol. The van der Waals surface area contributed by atoms with Crippen molar-refractivity contribution in [2.24, 2.45) is 0 Å². The number of fused-ring (bicyclic) bond motifs is 1. The monoisotopic (exact) mass is 267 g/mol. The Balaban J connectivity index is 2.64. The molecular weight excluding hydrogens is 258 g/mol. The maximum absolute atomic E-state index is 11.7. The van der Waals surface area contributed by atoms with Crippen LogP contribution in [-0.4, -0.2) is 18.0 Å². The van der Waals surface area contributed by atoms with E-state index in [0.29, 0.717) is 10.9 Å². The molecule has 0 saturated carbocycles. The van der Waals surface area contributed by atoms with Gasteiger partial charge in [-0.25, -0.2) is 4.79 Å². The number of hydrogen-bond donors (Lipinski definition) is 0. The van der Waals surface area contributed by atoms with Crippen LogP contribution in [0.2, 0.25) is 0 Å². The van der Waals surface area contributed by atoms with E-state index >= 15 is 0 Å². The van der Waals surface area contributed by atoms with Crippen molar-refractivity contribution in [2.75, 3.05) is 7.11 Å². The van der Waals surface area contributed by atoms with Crippen molar-refractivity contribution >= 4 is 33.1 Å². The largest absolute Gasteiger partial charge is 0.374 e. The van der Waals surface area contributed by atoms with E-state index in [2.05, 4.69) is 9.78 Å². The molecule has 0 atom stereocenters. The zero-order valence-electron chi connectivity index (χ0n) is 9.63. The van der Waals surface area contributed by atoms with Gasteiger partial charge in [0, 0.05) is 27.1 Å². The summed E-state index contributed by atoms with van der Waals surface area (Å²) < 4.78 is 0.793. The SMILES string of the molecule is COOC(=O)c1c(C)sc2ccc([N+](=O)[O-])cc12. The van der Waals surface area contributed by atoms with Gasteiger partial charge < -0.3 is 0 Å². The summed E-state index contributed by atoms with van der Waals surface area (Å²) in [5, 5.41) is 11.2. The fourth-order valence-corrected chi connectivity index (χ4v) is 2.72. The Kier molecular flexibility index (Phi) is 3.26. The van der Waals surface area contributed by atoms with Gasteiger partial charge in [-0.2, -0.15) is 4.89 Å². The molecule has 7 heteroatoms. The van der Waals surface area contributed by atoms with Crippen LogP contribution < -0.4 is 0 Å². The van der Waals surface area contributed by atoms with Crippen LogP contribution in [0.15, 0.2) is 18.2 Å². The number of rotatable bonds is 3. The lowest BCUT2D eigenvalue weighted by Crippen LogP contribution is -2.04. The summed E-state index contributed by atoms with van der Waals surface area (Å²) in [5.74, 6) is -0.651. The maximum atomic E-state index is 11.7. The van der Waals surface area contributed by atoms with Gasteiger partial charge in [0.1, 0.15) is 0 Å². The van der Waals surface area contributed by atoms with Crippen LogP contribution in [0, 0.1) is 17.0 Å². The van der Waals surface area contributed by atoms with E-state index in [-0.39, 0.29) is 5.69 Å². The summed E-state index contributed by atoms with van der Waals surface area (Å²) >= 11 is 1.37. The highest BCUT2D eigenvalue weighted by atomic mass is 32.1. The minimum Gasteiger partial charge on any atom is -0.293 e. The average Bonchev–Trinajstić information content (AvgIpc) is 2.63. The Morgan fingerprint density at radius 3 is 2.78 bits per heavy atom. The van der Waals surface area contributed by atoms with Crippen molar-refractivity contribution < 1.29 is 19.5 Å². The van der Waals surface area contributed by atoms with Crippen LogP contribution in [-0.2, 0) is 9.78 Å². The number of nitrogens with zero attached hydrogens (tertiary/aromatic N) is 1. The highest BCUT2D eigenvalue weighted by Gasteiger charge is 2.20. The van der Waals surface area contributed by atoms with Crippen molar-refractivity contribution in [1.82, 2.24) is 0 Å². The highest BCUT2D eigenvalue weighted by molar-refractivity contribution is 7.19. The number of non-ortho nitro benzene ring substituents is 1. The van der Waals surface area contributed by atoms with E-state index in [4.69, 9.17) is 0 Å². The second-order valence-electron chi connectivity index (χ2n) is 3.51. The Morgan fingerprint density at radius 2 is 2.17 bits per heavy atom. The van der Waals surface area contributed by atoms with E-state index < -0.39 is 10.9 Å². The van der Waals surface area contributed by atoms with Crippen LogP contribution in [0.25, 0.3) is 10.1 Å². The molecule has 0 fully saturated rings. The number of carbonyl (C=O) groups excluding carboxylic acids is 1. The smallest absolute Gasteiger partial charge is 0.293 e. The fraction of sp³-hybridized carbons (Fsp3) is 0.182.